The van der Waals surface area contributed by atoms with Crippen molar-refractivity contribution < 1.29 is 4.79 Å². The highest BCUT2D eigenvalue weighted by molar-refractivity contribution is 7.99. The molecular formula is C13H19N3OS. The predicted molar refractivity (Wildman–Crippen MR) is 76.2 cm³/mol. The van der Waals surface area contributed by atoms with Gasteiger partial charge in [-0.05, 0) is 43.4 Å². The van der Waals surface area contributed by atoms with Gasteiger partial charge in [0.1, 0.15) is 5.82 Å². The highest BCUT2D eigenvalue weighted by Gasteiger charge is 2.17. The zero-order valence-electron chi connectivity index (χ0n) is 10.6. The highest BCUT2D eigenvalue weighted by Crippen LogP contribution is 2.17. The van der Waals surface area contributed by atoms with Crippen molar-refractivity contribution in [3.63, 3.8) is 0 Å². The van der Waals surface area contributed by atoms with Crippen LogP contribution in [0, 0.1) is 0 Å². The summed E-state index contributed by atoms with van der Waals surface area (Å²) in [7, 11) is 0. The van der Waals surface area contributed by atoms with Crippen molar-refractivity contribution in [2.24, 2.45) is 0 Å². The molecule has 1 aliphatic heterocycles. The highest BCUT2D eigenvalue weighted by atomic mass is 32.2. The standard InChI is InChI=1S/C13H19N3OS/c1-2-14-12-9-10(3-6-15-12)13(17)16-11-4-7-18-8-5-11/h3,6,9,11H,2,4-5,7-8H2,1H3,(H,14,15)(H,16,17). The smallest absolute Gasteiger partial charge is 0.251 e. The van der Waals surface area contributed by atoms with E-state index < -0.39 is 0 Å². The minimum Gasteiger partial charge on any atom is -0.370 e. The average molecular weight is 265 g/mol. The fourth-order valence-electron chi connectivity index (χ4n) is 1.96. The summed E-state index contributed by atoms with van der Waals surface area (Å²) in [6, 6.07) is 3.89. The molecule has 2 rings (SSSR count). The topological polar surface area (TPSA) is 54.0 Å². The minimum atomic E-state index is 0.00783. The number of amides is 1. The van der Waals surface area contributed by atoms with Crippen LogP contribution < -0.4 is 10.6 Å². The summed E-state index contributed by atoms with van der Waals surface area (Å²) >= 11 is 1.96. The van der Waals surface area contributed by atoms with Gasteiger partial charge in [-0.25, -0.2) is 4.98 Å². The molecule has 1 aromatic heterocycles. The third-order valence-corrected chi connectivity index (χ3v) is 3.99. The molecule has 98 valence electrons. The van der Waals surface area contributed by atoms with Crippen LogP contribution in [0.25, 0.3) is 0 Å². The van der Waals surface area contributed by atoms with Crippen LogP contribution in [0.15, 0.2) is 18.3 Å². The summed E-state index contributed by atoms with van der Waals surface area (Å²) in [6.45, 7) is 2.81. The summed E-state index contributed by atoms with van der Waals surface area (Å²) in [5, 5.41) is 6.21. The van der Waals surface area contributed by atoms with E-state index in [1.165, 1.54) is 0 Å². The quantitative estimate of drug-likeness (QED) is 0.876. The second-order valence-corrected chi connectivity index (χ2v) is 5.54. The monoisotopic (exact) mass is 265 g/mol. The van der Waals surface area contributed by atoms with E-state index in [1.54, 1.807) is 18.3 Å². The Labute approximate surface area is 112 Å². The van der Waals surface area contributed by atoms with E-state index >= 15 is 0 Å². The van der Waals surface area contributed by atoms with E-state index in [0.717, 1.165) is 36.7 Å². The maximum atomic E-state index is 12.1. The molecule has 5 heteroatoms. The van der Waals surface area contributed by atoms with Crippen molar-refractivity contribution in [2.45, 2.75) is 25.8 Å². The van der Waals surface area contributed by atoms with Crippen LogP contribution in [0.5, 0.6) is 0 Å². The lowest BCUT2D eigenvalue weighted by Crippen LogP contribution is -2.37. The van der Waals surface area contributed by atoms with E-state index in [2.05, 4.69) is 15.6 Å². The summed E-state index contributed by atoms with van der Waals surface area (Å²) in [5.41, 5.74) is 0.680. The van der Waals surface area contributed by atoms with Crippen molar-refractivity contribution >= 4 is 23.5 Å². The molecule has 0 aliphatic carbocycles. The molecule has 0 unspecified atom stereocenters. The van der Waals surface area contributed by atoms with Gasteiger partial charge in [0, 0.05) is 24.3 Å². The number of carbonyl (C=O) groups excluding carboxylic acids is 1. The van der Waals surface area contributed by atoms with Gasteiger partial charge < -0.3 is 10.6 Å². The largest absolute Gasteiger partial charge is 0.370 e. The fraction of sp³-hybridized carbons (Fsp3) is 0.538. The van der Waals surface area contributed by atoms with Crippen LogP contribution in [-0.4, -0.2) is 35.0 Å². The Balaban J connectivity index is 1.96. The van der Waals surface area contributed by atoms with Crippen molar-refractivity contribution in [3.05, 3.63) is 23.9 Å². The second-order valence-electron chi connectivity index (χ2n) is 4.32. The maximum Gasteiger partial charge on any atom is 0.251 e. The van der Waals surface area contributed by atoms with Crippen LogP contribution in [0.2, 0.25) is 0 Å². The molecule has 1 aliphatic rings. The molecule has 1 saturated heterocycles. The number of hydrogen-bond acceptors (Lipinski definition) is 4. The molecule has 2 N–H and O–H groups in total. The van der Waals surface area contributed by atoms with Crippen molar-refractivity contribution in [1.29, 1.82) is 0 Å². The van der Waals surface area contributed by atoms with Crippen LogP contribution in [0.3, 0.4) is 0 Å². The molecule has 1 aromatic rings. The lowest BCUT2D eigenvalue weighted by molar-refractivity contribution is 0.0935. The van der Waals surface area contributed by atoms with E-state index in [0.29, 0.717) is 11.6 Å². The van der Waals surface area contributed by atoms with E-state index in [1.807, 2.05) is 18.7 Å². The SMILES string of the molecule is CCNc1cc(C(=O)NC2CCSCC2)ccn1. The Morgan fingerprint density at radius 3 is 3.00 bits per heavy atom. The van der Waals surface area contributed by atoms with Gasteiger partial charge in [-0.15, -0.1) is 0 Å². The first-order valence-electron chi connectivity index (χ1n) is 6.38. The molecule has 0 radical (unpaired) electrons. The van der Waals surface area contributed by atoms with Crippen LogP contribution in [0.4, 0.5) is 5.82 Å². The molecule has 1 amide bonds. The van der Waals surface area contributed by atoms with Crippen LogP contribution in [0.1, 0.15) is 30.1 Å². The predicted octanol–water partition coefficient (Wildman–Crippen LogP) is 2.14. The average Bonchev–Trinajstić information content (AvgIpc) is 2.40. The number of thioether (sulfide) groups is 1. The summed E-state index contributed by atoms with van der Waals surface area (Å²) < 4.78 is 0. The van der Waals surface area contributed by atoms with Crippen molar-refractivity contribution in [1.82, 2.24) is 10.3 Å². The minimum absolute atomic E-state index is 0.00783. The Hall–Kier alpha value is -1.23. The first kappa shape index (κ1) is 13.2. The van der Waals surface area contributed by atoms with E-state index in [4.69, 9.17) is 0 Å². The normalized spacial score (nSPS) is 16.3. The first-order chi connectivity index (χ1) is 8.79. The van der Waals surface area contributed by atoms with Gasteiger partial charge in [0.05, 0.1) is 0 Å². The molecule has 0 aromatic carbocycles. The number of nitrogens with one attached hydrogen (secondary N) is 2. The van der Waals surface area contributed by atoms with Gasteiger partial charge in [0.2, 0.25) is 0 Å². The van der Waals surface area contributed by atoms with E-state index in [-0.39, 0.29) is 5.91 Å². The number of aromatic nitrogens is 1. The molecular weight excluding hydrogens is 246 g/mol. The number of rotatable bonds is 4. The molecule has 0 saturated carbocycles. The lowest BCUT2D eigenvalue weighted by Gasteiger charge is -2.22. The van der Waals surface area contributed by atoms with Gasteiger partial charge >= 0.3 is 0 Å². The molecule has 0 spiro atoms. The van der Waals surface area contributed by atoms with Crippen molar-refractivity contribution in [2.75, 3.05) is 23.4 Å². The Bertz CT molecular complexity index is 405. The number of carbonyl (C=O) groups is 1. The Morgan fingerprint density at radius 2 is 2.28 bits per heavy atom. The molecule has 4 nitrogen and oxygen atoms in total. The zero-order valence-corrected chi connectivity index (χ0v) is 11.4. The number of hydrogen-bond donors (Lipinski definition) is 2. The number of anilines is 1. The maximum absolute atomic E-state index is 12.1. The summed E-state index contributed by atoms with van der Waals surface area (Å²) in [4.78, 5) is 16.3. The fourth-order valence-corrected chi connectivity index (χ4v) is 3.07. The van der Waals surface area contributed by atoms with Gasteiger partial charge in [-0.3, -0.25) is 4.79 Å². The number of pyridine rings is 1. The van der Waals surface area contributed by atoms with Gasteiger partial charge in [-0.1, -0.05) is 0 Å². The van der Waals surface area contributed by atoms with Gasteiger partial charge in [0.15, 0.2) is 0 Å². The molecule has 1 fully saturated rings. The zero-order chi connectivity index (χ0) is 12.8. The Morgan fingerprint density at radius 1 is 1.50 bits per heavy atom. The lowest BCUT2D eigenvalue weighted by atomic mass is 10.1. The number of nitrogens with zero attached hydrogens (tertiary/aromatic N) is 1. The third-order valence-electron chi connectivity index (χ3n) is 2.94. The molecule has 18 heavy (non-hydrogen) atoms. The molecule has 0 atom stereocenters. The molecule has 0 bridgehead atoms. The van der Waals surface area contributed by atoms with Gasteiger partial charge in [0.25, 0.3) is 5.91 Å². The molecule has 2 heterocycles. The van der Waals surface area contributed by atoms with Crippen LogP contribution in [-0.2, 0) is 0 Å². The Kier molecular flexibility index (Phi) is 4.87. The first-order valence-corrected chi connectivity index (χ1v) is 7.53. The van der Waals surface area contributed by atoms with Crippen molar-refractivity contribution in [3.8, 4) is 0 Å². The second kappa shape index (κ2) is 6.64. The summed E-state index contributed by atoms with van der Waals surface area (Å²) in [6.07, 6.45) is 3.81. The third kappa shape index (κ3) is 3.63. The van der Waals surface area contributed by atoms with E-state index in [9.17, 15) is 4.79 Å². The van der Waals surface area contributed by atoms with Gasteiger partial charge in [-0.2, -0.15) is 11.8 Å². The van der Waals surface area contributed by atoms with Crippen LogP contribution >= 0.6 is 11.8 Å². The summed E-state index contributed by atoms with van der Waals surface area (Å²) in [5.74, 6) is 3.05.